The van der Waals surface area contributed by atoms with Gasteiger partial charge in [0.25, 0.3) is 10.0 Å². The molecule has 0 unspecified atom stereocenters. The minimum Gasteiger partial charge on any atom is -0.280 e. The fraction of sp³-hybridized carbons (Fsp3) is 0.158. The van der Waals surface area contributed by atoms with Gasteiger partial charge >= 0.3 is 0 Å². The Morgan fingerprint density at radius 2 is 1.57 bits per heavy atom. The summed E-state index contributed by atoms with van der Waals surface area (Å²) in [6.07, 6.45) is 2.00. The van der Waals surface area contributed by atoms with Crippen molar-refractivity contribution in [3.05, 3.63) is 72.3 Å². The lowest BCUT2D eigenvalue weighted by atomic mass is 10.1. The van der Waals surface area contributed by atoms with Gasteiger partial charge in [0.15, 0.2) is 0 Å². The zero-order valence-electron chi connectivity index (χ0n) is 13.0. The van der Waals surface area contributed by atoms with E-state index in [2.05, 4.69) is 11.6 Å². The molecule has 0 atom stereocenters. The molecule has 0 aliphatic carbocycles. The Kier molecular flexibility index (Phi) is 4.35. The molecule has 0 saturated heterocycles. The summed E-state index contributed by atoms with van der Waals surface area (Å²) in [7, 11) is -3.56. The van der Waals surface area contributed by atoms with Crippen LogP contribution in [0.1, 0.15) is 18.9 Å². The number of rotatable bonds is 5. The van der Waals surface area contributed by atoms with Gasteiger partial charge < -0.3 is 0 Å². The van der Waals surface area contributed by atoms with Crippen molar-refractivity contribution in [3.63, 3.8) is 0 Å². The summed E-state index contributed by atoms with van der Waals surface area (Å²) >= 11 is 0. The van der Waals surface area contributed by atoms with E-state index < -0.39 is 10.0 Å². The van der Waals surface area contributed by atoms with Crippen molar-refractivity contribution in [1.29, 1.82) is 0 Å². The third-order valence-electron chi connectivity index (χ3n) is 3.77. The average Bonchev–Trinajstić information content (AvgIpc) is 2.55. The molecular formula is C19H19NO2S. The molecule has 3 aromatic rings. The second-order valence-corrected chi connectivity index (χ2v) is 7.24. The van der Waals surface area contributed by atoms with Crippen LogP contribution in [0.25, 0.3) is 10.8 Å². The highest BCUT2D eigenvalue weighted by molar-refractivity contribution is 7.92. The molecule has 0 amide bonds. The van der Waals surface area contributed by atoms with Gasteiger partial charge in [0.05, 0.1) is 4.90 Å². The number of sulfonamides is 1. The molecule has 0 bridgehead atoms. The van der Waals surface area contributed by atoms with Crippen LogP contribution in [0.4, 0.5) is 5.69 Å². The van der Waals surface area contributed by atoms with Gasteiger partial charge in [0, 0.05) is 5.69 Å². The molecule has 23 heavy (non-hydrogen) atoms. The van der Waals surface area contributed by atoms with Crippen LogP contribution in [0.2, 0.25) is 0 Å². The zero-order valence-corrected chi connectivity index (χ0v) is 13.8. The van der Waals surface area contributed by atoms with Crippen LogP contribution in [-0.2, 0) is 16.4 Å². The van der Waals surface area contributed by atoms with E-state index in [1.54, 1.807) is 18.2 Å². The fourth-order valence-corrected chi connectivity index (χ4v) is 3.64. The van der Waals surface area contributed by atoms with Gasteiger partial charge in [-0.3, -0.25) is 4.72 Å². The summed E-state index contributed by atoms with van der Waals surface area (Å²) in [6.45, 7) is 2.10. The number of hydrogen-bond acceptors (Lipinski definition) is 2. The van der Waals surface area contributed by atoms with Crippen molar-refractivity contribution in [1.82, 2.24) is 0 Å². The van der Waals surface area contributed by atoms with E-state index in [-0.39, 0.29) is 4.90 Å². The molecule has 1 N–H and O–H groups in total. The van der Waals surface area contributed by atoms with Gasteiger partial charge in [-0.25, -0.2) is 8.42 Å². The number of aryl methyl sites for hydroxylation is 1. The number of fused-ring (bicyclic) bond motifs is 1. The zero-order chi connectivity index (χ0) is 16.3. The monoisotopic (exact) mass is 325 g/mol. The Morgan fingerprint density at radius 1 is 0.870 bits per heavy atom. The van der Waals surface area contributed by atoms with E-state index in [0.717, 1.165) is 29.2 Å². The highest BCUT2D eigenvalue weighted by atomic mass is 32.2. The Hall–Kier alpha value is -2.33. The average molecular weight is 325 g/mol. The lowest BCUT2D eigenvalue weighted by molar-refractivity contribution is 0.601. The van der Waals surface area contributed by atoms with Gasteiger partial charge in [-0.1, -0.05) is 55.8 Å². The molecule has 0 aliphatic heterocycles. The van der Waals surface area contributed by atoms with Gasteiger partial charge in [-0.2, -0.15) is 0 Å². The summed E-state index contributed by atoms with van der Waals surface area (Å²) in [6, 6.07) is 20.5. The predicted octanol–water partition coefficient (Wildman–Crippen LogP) is 4.59. The molecule has 0 aliphatic rings. The first-order chi connectivity index (χ1) is 11.1. The molecule has 0 heterocycles. The molecule has 118 valence electrons. The second-order valence-electron chi connectivity index (χ2n) is 5.56. The molecule has 0 aromatic heterocycles. The molecular weight excluding hydrogens is 306 g/mol. The van der Waals surface area contributed by atoms with Crippen LogP contribution < -0.4 is 4.72 Å². The summed E-state index contributed by atoms with van der Waals surface area (Å²) in [5.74, 6) is 0. The van der Waals surface area contributed by atoms with Gasteiger partial charge in [-0.15, -0.1) is 0 Å². The van der Waals surface area contributed by atoms with Crippen molar-refractivity contribution >= 4 is 26.5 Å². The number of benzene rings is 3. The van der Waals surface area contributed by atoms with Crippen LogP contribution in [0.5, 0.6) is 0 Å². The van der Waals surface area contributed by atoms with Crippen molar-refractivity contribution in [2.24, 2.45) is 0 Å². The van der Waals surface area contributed by atoms with E-state index in [0.29, 0.717) is 5.69 Å². The van der Waals surface area contributed by atoms with E-state index in [1.165, 1.54) is 0 Å². The van der Waals surface area contributed by atoms with Crippen molar-refractivity contribution in [2.75, 3.05) is 4.72 Å². The van der Waals surface area contributed by atoms with Crippen molar-refractivity contribution < 1.29 is 8.42 Å². The maximum Gasteiger partial charge on any atom is 0.261 e. The molecule has 3 nitrogen and oxygen atoms in total. The summed E-state index contributed by atoms with van der Waals surface area (Å²) in [5.41, 5.74) is 1.72. The maximum absolute atomic E-state index is 12.5. The smallest absolute Gasteiger partial charge is 0.261 e. The largest absolute Gasteiger partial charge is 0.280 e. The van der Waals surface area contributed by atoms with Gasteiger partial charge in [-0.05, 0) is 47.0 Å². The van der Waals surface area contributed by atoms with E-state index in [9.17, 15) is 8.42 Å². The number of hydrogen-bond donors (Lipinski definition) is 1. The lowest BCUT2D eigenvalue weighted by Gasteiger charge is -2.09. The van der Waals surface area contributed by atoms with Crippen molar-refractivity contribution in [3.8, 4) is 0 Å². The first-order valence-corrected chi connectivity index (χ1v) is 9.17. The molecule has 3 rings (SSSR count). The number of anilines is 1. The van der Waals surface area contributed by atoms with Crippen LogP contribution >= 0.6 is 0 Å². The molecule has 0 fully saturated rings. The van der Waals surface area contributed by atoms with E-state index in [1.807, 2.05) is 48.5 Å². The summed E-state index contributed by atoms with van der Waals surface area (Å²) in [5, 5.41) is 2.09. The van der Waals surface area contributed by atoms with E-state index >= 15 is 0 Å². The van der Waals surface area contributed by atoms with Gasteiger partial charge in [0.2, 0.25) is 0 Å². The minimum absolute atomic E-state index is 0.283. The minimum atomic E-state index is -3.56. The van der Waals surface area contributed by atoms with Crippen LogP contribution in [0, 0.1) is 0 Å². The standard InChI is InChI=1S/C19H19NO2S/c1-2-5-15-8-12-19(13-9-15)23(21,22)20-18-11-10-16-6-3-4-7-17(16)14-18/h3-4,6-14,20H,2,5H2,1H3. The first kappa shape index (κ1) is 15.6. The predicted molar refractivity (Wildman–Crippen MR) is 95.2 cm³/mol. The quantitative estimate of drug-likeness (QED) is 0.745. The molecule has 0 saturated carbocycles. The van der Waals surface area contributed by atoms with E-state index in [4.69, 9.17) is 0 Å². The second kappa shape index (κ2) is 6.42. The van der Waals surface area contributed by atoms with Gasteiger partial charge in [0.1, 0.15) is 0 Å². The molecule has 0 spiro atoms. The lowest BCUT2D eigenvalue weighted by Crippen LogP contribution is -2.12. The summed E-state index contributed by atoms with van der Waals surface area (Å²) < 4.78 is 27.6. The van der Waals surface area contributed by atoms with Crippen LogP contribution in [-0.4, -0.2) is 8.42 Å². The highest BCUT2D eigenvalue weighted by Crippen LogP contribution is 2.22. The first-order valence-electron chi connectivity index (χ1n) is 7.69. The van der Waals surface area contributed by atoms with Crippen LogP contribution in [0.3, 0.4) is 0 Å². The highest BCUT2D eigenvalue weighted by Gasteiger charge is 2.14. The maximum atomic E-state index is 12.5. The van der Waals surface area contributed by atoms with Crippen LogP contribution in [0.15, 0.2) is 71.6 Å². The Balaban J connectivity index is 1.86. The summed E-state index contributed by atoms with van der Waals surface area (Å²) in [4.78, 5) is 0.283. The Bertz CT molecular complexity index is 916. The fourth-order valence-electron chi connectivity index (χ4n) is 2.59. The molecule has 3 aromatic carbocycles. The third kappa shape index (κ3) is 3.54. The van der Waals surface area contributed by atoms with Crippen molar-refractivity contribution in [2.45, 2.75) is 24.7 Å². The third-order valence-corrected chi connectivity index (χ3v) is 5.17. The molecule has 0 radical (unpaired) electrons. The SMILES string of the molecule is CCCc1ccc(S(=O)(=O)Nc2ccc3ccccc3c2)cc1. The topological polar surface area (TPSA) is 46.2 Å². The number of nitrogens with one attached hydrogen (secondary N) is 1. The normalized spacial score (nSPS) is 11.5. The Labute approximate surface area is 137 Å². The molecule has 4 heteroatoms. The Morgan fingerprint density at radius 3 is 2.26 bits per heavy atom.